The smallest absolute Gasteiger partial charge is 0.264 e. The minimum Gasteiger partial charge on any atom is -0.354 e. The Balaban J connectivity index is 2.00. The van der Waals surface area contributed by atoms with Gasteiger partial charge in [-0.3, -0.25) is 13.9 Å². The lowest BCUT2D eigenvalue weighted by Gasteiger charge is -2.32. The molecule has 0 radical (unpaired) electrons. The lowest BCUT2D eigenvalue weighted by atomic mass is 10.1. The zero-order valence-electron chi connectivity index (χ0n) is 20.6. The third-order valence-corrected chi connectivity index (χ3v) is 7.78. The third-order valence-electron chi connectivity index (χ3n) is 5.74. The minimum absolute atomic E-state index is 0.0528. The first-order valence-corrected chi connectivity index (χ1v) is 13.6. The zero-order valence-corrected chi connectivity index (χ0v) is 22.2. The van der Waals surface area contributed by atoms with E-state index in [2.05, 4.69) is 5.32 Å². The fourth-order valence-corrected chi connectivity index (χ4v) is 5.19. The van der Waals surface area contributed by atoms with Gasteiger partial charge in [-0.05, 0) is 55.8 Å². The first kappa shape index (κ1) is 28.1. The average molecular weight is 546 g/mol. The van der Waals surface area contributed by atoms with Crippen LogP contribution in [-0.2, 0) is 26.2 Å². The predicted octanol–water partition coefficient (Wildman–Crippen LogP) is 4.62. The van der Waals surface area contributed by atoms with Crippen LogP contribution in [0.1, 0.15) is 25.8 Å². The molecule has 2 amide bonds. The van der Waals surface area contributed by atoms with Crippen molar-refractivity contribution in [3.8, 4) is 0 Å². The van der Waals surface area contributed by atoms with Gasteiger partial charge in [0.2, 0.25) is 11.8 Å². The summed E-state index contributed by atoms with van der Waals surface area (Å²) in [6.45, 7) is 3.02. The molecule has 0 saturated carbocycles. The number of hydrogen-bond acceptors (Lipinski definition) is 4. The van der Waals surface area contributed by atoms with Gasteiger partial charge in [0.05, 0.1) is 10.6 Å². The first-order chi connectivity index (χ1) is 17.6. The highest BCUT2D eigenvalue weighted by Crippen LogP contribution is 2.25. The molecule has 0 saturated heterocycles. The van der Waals surface area contributed by atoms with Crippen molar-refractivity contribution in [1.82, 2.24) is 10.2 Å². The number of para-hydroxylation sites is 1. The minimum atomic E-state index is -4.19. The van der Waals surface area contributed by atoms with E-state index in [-0.39, 0.29) is 22.7 Å². The van der Waals surface area contributed by atoms with Crippen molar-refractivity contribution in [3.63, 3.8) is 0 Å². The van der Waals surface area contributed by atoms with E-state index in [0.717, 1.165) is 4.31 Å². The normalized spacial score (nSPS) is 12.0. The fraction of sp³-hybridized carbons (Fsp3) is 0.259. The van der Waals surface area contributed by atoms with Crippen molar-refractivity contribution >= 4 is 39.1 Å². The van der Waals surface area contributed by atoms with Gasteiger partial charge in [0.25, 0.3) is 10.0 Å². The quantitative estimate of drug-likeness (QED) is 0.381. The maximum atomic E-state index is 14.5. The summed E-state index contributed by atoms with van der Waals surface area (Å²) in [5, 5.41) is 3.11. The van der Waals surface area contributed by atoms with Crippen LogP contribution in [0.15, 0.2) is 83.8 Å². The molecule has 1 unspecified atom stereocenters. The van der Waals surface area contributed by atoms with Crippen molar-refractivity contribution in [2.45, 2.75) is 37.8 Å². The maximum Gasteiger partial charge on any atom is 0.264 e. The van der Waals surface area contributed by atoms with Crippen LogP contribution in [0.4, 0.5) is 10.1 Å². The van der Waals surface area contributed by atoms with E-state index in [0.29, 0.717) is 18.0 Å². The monoisotopic (exact) mass is 545 g/mol. The van der Waals surface area contributed by atoms with Gasteiger partial charge in [0.1, 0.15) is 18.4 Å². The van der Waals surface area contributed by atoms with Crippen LogP contribution in [0.5, 0.6) is 0 Å². The van der Waals surface area contributed by atoms with Gasteiger partial charge in [-0.2, -0.15) is 0 Å². The van der Waals surface area contributed by atoms with Crippen molar-refractivity contribution in [1.29, 1.82) is 0 Å². The molecule has 10 heteroatoms. The van der Waals surface area contributed by atoms with Gasteiger partial charge in [-0.15, -0.1) is 0 Å². The van der Waals surface area contributed by atoms with E-state index in [1.807, 2.05) is 6.92 Å². The van der Waals surface area contributed by atoms with E-state index < -0.39 is 40.2 Å². The molecule has 196 valence electrons. The number of carbonyl (C=O) groups excluding carboxylic acids is 2. The molecule has 1 atom stereocenters. The molecule has 0 heterocycles. The molecule has 3 rings (SSSR count). The van der Waals surface area contributed by atoms with Crippen LogP contribution in [0.3, 0.4) is 0 Å². The Hall–Kier alpha value is -3.43. The van der Waals surface area contributed by atoms with Gasteiger partial charge in [0.15, 0.2) is 0 Å². The van der Waals surface area contributed by atoms with Crippen LogP contribution in [0.2, 0.25) is 5.02 Å². The molecule has 0 spiro atoms. The number of benzene rings is 3. The Morgan fingerprint density at radius 2 is 1.59 bits per heavy atom. The summed E-state index contributed by atoms with van der Waals surface area (Å²) < 4.78 is 42.7. The molecular weight excluding hydrogens is 517 g/mol. The molecule has 0 aliphatic carbocycles. The van der Waals surface area contributed by atoms with Gasteiger partial charge < -0.3 is 10.2 Å². The summed E-state index contributed by atoms with van der Waals surface area (Å²) >= 11 is 5.94. The summed E-state index contributed by atoms with van der Waals surface area (Å²) in [7, 11) is -4.19. The highest BCUT2D eigenvalue weighted by atomic mass is 35.5. The SMILES string of the molecule is CCCNC(=O)C(C)N(Cc1ccccc1F)C(=O)CN(c1ccccc1)S(=O)(=O)c1ccc(Cl)cc1. The molecule has 37 heavy (non-hydrogen) atoms. The molecule has 0 fully saturated rings. The second-order valence-electron chi connectivity index (χ2n) is 8.38. The van der Waals surface area contributed by atoms with Crippen molar-refractivity contribution in [2.75, 3.05) is 17.4 Å². The van der Waals surface area contributed by atoms with Crippen LogP contribution in [0.25, 0.3) is 0 Å². The Morgan fingerprint density at radius 1 is 0.973 bits per heavy atom. The molecule has 1 N–H and O–H groups in total. The standard InChI is InChI=1S/C27H29ClFN3O4S/c1-3-17-30-27(34)20(2)31(18-21-9-7-8-12-25(21)29)26(33)19-32(23-10-5-4-6-11-23)37(35,36)24-15-13-22(28)14-16-24/h4-16,20H,3,17-19H2,1-2H3,(H,30,34). The predicted molar refractivity (Wildman–Crippen MR) is 142 cm³/mol. The van der Waals surface area contributed by atoms with Crippen LogP contribution in [0, 0.1) is 5.82 Å². The van der Waals surface area contributed by atoms with Crippen LogP contribution in [-0.4, -0.2) is 44.3 Å². The van der Waals surface area contributed by atoms with E-state index in [1.165, 1.54) is 54.3 Å². The van der Waals surface area contributed by atoms with Crippen molar-refractivity contribution in [3.05, 3.63) is 95.3 Å². The largest absolute Gasteiger partial charge is 0.354 e. The number of carbonyl (C=O) groups is 2. The highest BCUT2D eigenvalue weighted by Gasteiger charge is 2.32. The third kappa shape index (κ3) is 7.08. The van der Waals surface area contributed by atoms with E-state index in [4.69, 9.17) is 11.6 Å². The molecule has 3 aromatic rings. The van der Waals surface area contributed by atoms with Crippen LogP contribution >= 0.6 is 11.6 Å². The molecule has 0 bridgehead atoms. The topological polar surface area (TPSA) is 86.8 Å². The molecular formula is C27H29ClFN3O4S. The second-order valence-corrected chi connectivity index (χ2v) is 10.7. The van der Waals surface area contributed by atoms with Crippen molar-refractivity contribution in [2.24, 2.45) is 0 Å². The Labute approximate surface area is 221 Å². The lowest BCUT2D eigenvalue weighted by Crippen LogP contribution is -2.51. The van der Waals surface area contributed by atoms with Crippen LogP contribution < -0.4 is 9.62 Å². The highest BCUT2D eigenvalue weighted by molar-refractivity contribution is 7.92. The summed E-state index contributed by atoms with van der Waals surface area (Å²) in [6, 6.07) is 18.7. The Morgan fingerprint density at radius 3 is 2.22 bits per heavy atom. The number of amides is 2. The molecule has 0 aliphatic heterocycles. The maximum absolute atomic E-state index is 14.5. The molecule has 7 nitrogen and oxygen atoms in total. The summed E-state index contributed by atoms with van der Waals surface area (Å²) in [6.07, 6.45) is 0.695. The molecule has 0 aromatic heterocycles. The van der Waals surface area contributed by atoms with Gasteiger partial charge >= 0.3 is 0 Å². The van der Waals surface area contributed by atoms with Gasteiger partial charge in [0, 0.05) is 23.7 Å². The summed E-state index contributed by atoms with van der Waals surface area (Å²) in [5.41, 5.74) is 0.470. The zero-order chi connectivity index (χ0) is 27.0. The second kappa shape index (κ2) is 12.7. The summed E-state index contributed by atoms with van der Waals surface area (Å²) in [4.78, 5) is 27.6. The summed E-state index contributed by atoms with van der Waals surface area (Å²) in [5.74, 6) is -1.61. The lowest BCUT2D eigenvalue weighted by molar-refractivity contribution is -0.139. The average Bonchev–Trinajstić information content (AvgIpc) is 2.90. The number of rotatable bonds is 11. The number of sulfonamides is 1. The van der Waals surface area contributed by atoms with E-state index >= 15 is 0 Å². The number of anilines is 1. The van der Waals surface area contributed by atoms with Gasteiger partial charge in [-0.1, -0.05) is 54.9 Å². The number of hydrogen-bond donors (Lipinski definition) is 1. The van der Waals surface area contributed by atoms with E-state index in [1.54, 1.807) is 36.4 Å². The number of nitrogens with zero attached hydrogens (tertiary/aromatic N) is 2. The van der Waals surface area contributed by atoms with Crippen molar-refractivity contribution < 1.29 is 22.4 Å². The molecule has 0 aliphatic rings. The van der Waals surface area contributed by atoms with E-state index in [9.17, 15) is 22.4 Å². The number of nitrogens with one attached hydrogen (secondary N) is 1. The molecule has 3 aromatic carbocycles. The Kier molecular flexibility index (Phi) is 9.66. The number of halogens is 2. The Bertz CT molecular complexity index is 1320. The first-order valence-electron chi connectivity index (χ1n) is 11.8. The van der Waals surface area contributed by atoms with Gasteiger partial charge in [-0.25, -0.2) is 12.8 Å². The fourth-order valence-electron chi connectivity index (χ4n) is 3.65.